The van der Waals surface area contributed by atoms with Crippen molar-refractivity contribution >= 4 is 18.2 Å². The summed E-state index contributed by atoms with van der Waals surface area (Å²) in [5.41, 5.74) is 5.32. The van der Waals surface area contributed by atoms with Crippen LogP contribution in [0.15, 0.2) is 12.4 Å². The first kappa shape index (κ1) is 10.1. The highest BCUT2D eigenvalue weighted by Gasteiger charge is 2.11. The molecule has 3 N–H and O–H groups in total. The largest absolute Gasteiger partial charge is 0.342 e. The fourth-order valence-corrected chi connectivity index (χ4v) is 0.616. The summed E-state index contributed by atoms with van der Waals surface area (Å²) in [4.78, 5) is 17.4. The molecule has 0 aliphatic heterocycles. The van der Waals surface area contributed by atoms with E-state index in [1.165, 1.54) is 6.20 Å². The molecule has 0 amide bonds. The van der Waals surface area contributed by atoms with Gasteiger partial charge < -0.3 is 10.7 Å². The summed E-state index contributed by atoms with van der Waals surface area (Å²) in [6, 6.07) is -0.480. The van der Waals surface area contributed by atoms with Crippen molar-refractivity contribution in [3.05, 3.63) is 18.2 Å². The summed E-state index contributed by atoms with van der Waals surface area (Å²) in [5, 5.41) is 0. The molecule has 0 radical (unpaired) electrons. The van der Waals surface area contributed by atoms with Crippen LogP contribution in [0.3, 0.4) is 0 Å². The summed E-state index contributed by atoms with van der Waals surface area (Å²) in [5.74, 6) is 0.167. The number of aromatic amines is 1. The number of rotatable bonds is 2. The van der Waals surface area contributed by atoms with Gasteiger partial charge in [-0.25, -0.2) is 4.98 Å². The molecule has 5 heteroatoms. The van der Waals surface area contributed by atoms with Gasteiger partial charge in [0.15, 0.2) is 5.82 Å². The van der Waals surface area contributed by atoms with Gasteiger partial charge in [0.05, 0.1) is 6.04 Å². The quantitative estimate of drug-likeness (QED) is 0.638. The van der Waals surface area contributed by atoms with Crippen LogP contribution >= 0.6 is 12.4 Å². The van der Waals surface area contributed by atoms with Gasteiger partial charge in [-0.15, -0.1) is 12.4 Å². The van der Waals surface area contributed by atoms with E-state index in [0.717, 1.165) is 0 Å². The Balaban J connectivity index is 0.000001000. The van der Waals surface area contributed by atoms with Crippen molar-refractivity contribution in [2.75, 3.05) is 0 Å². The van der Waals surface area contributed by atoms with Gasteiger partial charge in [0.25, 0.3) is 0 Å². The van der Waals surface area contributed by atoms with Gasteiger partial charge in [0.1, 0.15) is 0 Å². The van der Waals surface area contributed by atoms with Crippen LogP contribution in [0, 0.1) is 0 Å². The second-order valence-electron chi connectivity index (χ2n) is 2.09. The third-order valence-corrected chi connectivity index (χ3v) is 1.15. The molecule has 1 aromatic heterocycles. The molecule has 0 aliphatic carbocycles. The zero-order valence-electron chi connectivity index (χ0n) is 6.07. The number of aromatic nitrogens is 2. The normalized spacial score (nSPS) is 11.8. The predicted octanol–water partition coefficient (Wildman–Crippen LogP) is 0.361. The van der Waals surface area contributed by atoms with Gasteiger partial charge >= 0.3 is 0 Å². The first-order chi connectivity index (χ1) is 4.72. The van der Waals surface area contributed by atoms with Gasteiger partial charge in [-0.1, -0.05) is 0 Å². The van der Waals surface area contributed by atoms with E-state index < -0.39 is 6.04 Å². The maximum atomic E-state index is 11.0. The maximum Gasteiger partial charge on any atom is 0.214 e. The number of H-pyrrole nitrogens is 1. The van der Waals surface area contributed by atoms with Crippen molar-refractivity contribution in [2.24, 2.45) is 5.73 Å². The Labute approximate surface area is 70.6 Å². The molecule has 0 spiro atoms. The summed E-state index contributed by atoms with van der Waals surface area (Å²) < 4.78 is 0. The van der Waals surface area contributed by atoms with Gasteiger partial charge in [0.2, 0.25) is 5.78 Å². The van der Waals surface area contributed by atoms with Crippen molar-refractivity contribution in [3.63, 3.8) is 0 Å². The lowest BCUT2D eigenvalue weighted by atomic mass is 10.2. The summed E-state index contributed by atoms with van der Waals surface area (Å²) in [6.07, 6.45) is 3.12. The molecule has 0 fully saturated rings. The Morgan fingerprint density at radius 2 is 2.45 bits per heavy atom. The van der Waals surface area contributed by atoms with Crippen molar-refractivity contribution in [2.45, 2.75) is 13.0 Å². The second-order valence-corrected chi connectivity index (χ2v) is 2.09. The number of carbonyl (C=O) groups is 1. The van der Waals surface area contributed by atoms with Crippen LogP contribution in [-0.2, 0) is 0 Å². The van der Waals surface area contributed by atoms with E-state index in [0.29, 0.717) is 5.82 Å². The lowest BCUT2D eigenvalue weighted by Gasteiger charge is -1.98. The fraction of sp³-hybridized carbons (Fsp3) is 0.333. The minimum Gasteiger partial charge on any atom is -0.342 e. The molecule has 0 saturated carbocycles. The minimum atomic E-state index is -0.480. The molecule has 4 nitrogen and oxygen atoms in total. The highest BCUT2D eigenvalue weighted by molar-refractivity contribution is 5.96. The number of hydrogen-bond acceptors (Lipinski definition) is 3. The van der Waals surface area contributed by atoms with Crippen molar-refractivity contribution in [3.8, 4) is 0 Å². The molecule has 1 rings (SSSR count). The van der Waals surface area contributed by atoms with E-state index in [1.54, 1.807) is 13.1 Å². The molecule has 62 valence electrons. The molecule has 11 heavy (non-hydrogen) atoms. The van der Waals surface area contributed by atoms with Crippen LogP contribution in [0.2, 0.25) is 0 Å². The van der Waals surface area contributed by atoms with Gasteiger partial charge in [-0.3, -0.25) is 4.79 Å². The molecule has 1 aromatic rings. The molecular formula is C6H10ClN3O. The van der Waals surface area contributed by atoms with Gasteiger partial charge in [-0.2, -0.15) is 0 Å². The Morgan fingerprint density at radius 1 is 1.82 bits per heavy atom. The van der Waals surface area contributed by atoms with Crippen LogP contribution in [0.4, 0.5) is 0 Å². The SMILES string of the molecule is CC(N)C(=O)c1ncc[nH]1.Cl. The molecule has 1 heterocycles. The zero-order valence-corrected chi connectivity index (χ0v) is 6.89. The van der Waals surface area contributed by atoms with Crippen molar-refractivity contribution in [1.82, 2.24) is 9.97 Å². The highest BCUT2D eigenvalue weighted by Crippen LogP contribution is 1.92. The third-order valence-electron chi connectivity index (χ3n) is 1.15. The lowest BCUT2D eigenvalue weighted by molar-refractivity contribution is 0.0959. The molecule has 1 atom stereocenters. The smallest absolute Gasteiger partial charge is 0.214 e. The highest BCUT2D eigenvalue weighted by atomic mass is 35.5. The molecule has 0 bridgehead atoms. The third kappa shape index (κ3) is 2.32. The van der Waals surface area contributed by atoms with E-state index in [9.17, 15) is 4.79 Å². The van der Waals surface area contributed by atoms with Crippen molar-refractivity contribution < 1.29 is 4.79 Å². The number of ketones is 1. The Kier molecular flexibility index (Phi) is 3.78. The van der Waals surface area contributed by atoms with Crippen molar-refractivity contribution in [1.29, 1.82) is 0 Å². The topological polar surface area (TPSA) is 71.8 Å². The van der Waals surface area contributed by atoms with Crippen LogP contribution in [0.1, 0.15) is 17.5 Å². The molecule has 0 saturated heterocycles. The summed E-state index contributed by atoms with van der Waals surface area (Å²) in [7, 11) is 0. The zero-order chi connectivity index (χ0) is 7.56. The van der Waals surface area contributed by atoms with E-state index in [2.05, 4.69) is 9.97 Å². The fourth-order valence-electron chi connectivity index (χ4n) is 0.616. The average molecular weight is 176 g/mol. The lowest BCUT2D eigenvalue weighted by Crippen LogP contribution is -2.27. The number of carbonyl (C=O) groups excluding carboxylic acids is 1. The number of nitrogens with one attached hydrogen (secondary N) is 1. The first-order valence-electron chi connectivity index (χ1n) is 3.01. The minimum absolute atomic E-state index is 0. The Bertz CT molecular complexity index is 220. The van der Waals surface area contributed by atoms with Crippen LogP contribution in [-0.4, -0.2) is 21.8 Å². The van der Waals surface area contributed by atoms with Crippen LogP contribution in [0.25, 0.3) is 0 Å². The van der Waals surface area contributed by atoms with E-state index >= 15 is 0 Å². The second kappa shape index (κ2) is 4.10. The number of nitrogens with zero attached hydrogens (tertiary/aromatic N) is 1. The Morgan fingerprint density at radius 3 is 2.82 bits per heavy atom. The first-order valence-corrected chi connectivity index (χ1v) is 3.01. The summed E-state index contributed by atoms with van der Waals surface area (Å²) in [6.45, 7) is 1.63. The van der Waals surface area contributed by atoms with Gasteiger partial charge in [-0.05, 0) is 6.92 Å². The Hall–Kier alpha value is -0.870. The van der Waals surface area contributed by atoms with E-state index in [4.69, 9.17) is 5.73 Å². The average Bonchev–Trinajstić information content (AvgIpc) is 2.36. The standard InChI is InChI=1S/C6H9N3O.ClH/c1-4(7)5(10)6-8-2-3-9-6;/h2-4H,7H2,1H3,(H,8,9);1H. The number of hydrogen-bond donors (Lipinski definition) is 2. The number of imidazole rings is 1. The van der Waals surface area contributed by atoms with E-state index in [1.807, 2.05) is 0 Å². The monoisotopic (exact) mass is 175 g/mol. The maximum absolute atomic E-state index is 11.0. The molecular weight excluding hydrogens is 166 g/mol. The molecule has 0 aromatic carbocycles. The summed E-state index contributed by atoms with van der Waals surface area (Å²) >= 11 is 0. The number of Topliss-reactive ketones (excluding diaryl/α,β-unsaturated/α-hetero) is 1. The molecule has 0 aliphatic rings. The molecule has 1 unspecified atom stereocenters. The number of halogens is 1. The van der Waals surface area contributed by atoms with Gasteiger partial charge in [0, 0.05) is 12.4 Å². The van der Waals surface area contributed by atoms with Crippen LogP contribution in [0.5, 0.6) is 0 Å². The predicted molar refractivity (Wildman–Crippen MR) is 43.8 cm³/mol. The van der Waals surface area contributed by atoms with E-state index in [-0.39, 0.29) is 18.2 Å². The number of nitrogens with two attached hydrogens (primary N) is 1. The van der Waals surface area contributed by atoms with Crippen LogP contribution < -0.4 is 5.73 Å².